The van der Waals surface area contributed by atoms with Crippen LogP contribution >= 0.6 is 0 Å². The predicted octanol–water partition coefficient (Wildman–Crippen LogP) is 1.17. The average Bonchev–Trinajstić information content (AvgIpc) is 2.80. The number of carboxylic acid groups (broad SMARTS) is 1. The Hall–Kier alpha value is -2.41. The Morgan fingerprint density at radius 2 is 2.04 bits per heavy atom. The Morgan fingerprint density at radius 3 is 2.65 bits per heavy atom. The predicted molar refractivity (Wildman–Crippen MR) is 83.4 cm³/mol. The number of rotatable bonds is 8. The van der Waals surface area contributed by atoms with Gasteiger partial charge in [-0.2, -0.15) is 0 Å². The summed E-state index contributed by atoms with van der Waals surface area (Å²) in [6.07, 6.45) is 0.836. The highest BCUT2D eigenvalue weighted by Gasteiger charge is 2.39. The van der Waals surface area contributed by atoms with Crippen molar-refractivity contribution in [1.82, 2.24) is 5.32 Å². The lowest BCUT2D eigenvalue weighted by Gasteiger charge is -2.16. The lowest BCUT2D eigenvalue weighted by atomic mass is 10.2. The van der Waals surface area contributed by atoms with Crippen molar-refractivity contribution in [2.45, 2.75) is 32.2 Å². The van der Waals surface area contributed by atoms with Gasteiger partial charge < -0.3 is 15.2 Å². The normalized spacial score (nSPS) is 17.6. The van der Waals surface area contributed by atoms with Crippen LogP contribution in [0.15, 0.2) is 24.3 Å². The summed E-state index contributed by atoms with van der Waals surface area (Å²) in [5.41, 5.74) is 0.492. The molecule has 1 aromatic carbocycles. The zero-order valence-corrected chi connectivity index (χ0v) is 12.9. The van der Waals surface area contributed by atoms with Crippen LogP contribution in [-0.2, 0) is 14.4 Å². The Bertz CT molecular complexity index is 585. The standard InChI is InChI=1S/C16H20N2O5/c1-2-9-23-12-5-3-11(4-6-12)18-14(19)10-13(16(18)22)17-8-7-15(20)21/h3-6,13,17H,2,7-10H2,1H3,(H,20,21). The van der Waals surface area contributed by atoms with E-state index < -0.39 is 12.0 Å². The molecule has 1 aromatic rings. The fourth-order valence-electron chi connectivity index (χ4n) is 2.33. The molecule has 0 aromatic heterocycles. The number of ether oxygens (including phenoxy) is 1. The van der Waals surface area contributed by atoms with Crippen LogP contribution in [0.5, 0.6) is 5.75 Å². The number of hydrogen-bond donors (Lipinski definition) is 2. The Balaban J connectivity index is 2.00. The molecule has 23 heavy (non-hydrogen) atoms. The van der Waals surface area contributed by atoms with E-state index in [0.717, 1.165) is 11.3 Å². The highest BCUT2D eigenvalue weighted by atomic mass is 16.5. The summed E-state index contributed by atoms with van der Waals surface area (Å²) in [7, 11) is 0. The van der Waals surface area contributed by atoms with Gasteiger partial charge in [-0.1, -0.05) is 6.92 Å². The number of carbonyl (C=O) groups excluding carboxylic acids is 2. The van der Waals surface area contributed by atoms with Crippen LogP contribution in [-0.4, -0.2) is 42.1 Å². The van der Waals surface area contributed by atoms with Crippen molar-refractivity contribution >= 4 is 23.5 Å². The topological polar surface area (TPSA) is 95.9 Å². The number of nitrogens with zero attached hydrogens (tertiary/aromatic N) is 1. The van der Waals surface area contributed by atoms with E-state index in [9.17, 15) is 14.4 Å². The smallest absolute Gasteiger partial charge is 0.304 e. The molecule has 1 aliphatic rings. The van der Waals surface area contributed by atoms with Gasteiger partial charge >= 0.3 is 5.97 Å². The largest absolute Gasteiger partial charge is 0.494 e. The molecule has 0 saturated carbocycles. The van der Waals surface area contributed by atoms with Crippen molar-refractivity contribution in [3.63, 3.8) is 0 Å². The van der Waals surface area contributed by atoms with E-state index in [-0.39, 0.29) is 31.2 Å². The van der Waals surface area contributed by atoms with Gasteiger partial charge in [0, 0.05) is 6.54 Å². The summed E-state index contributed by atoms with van der Waals surface area (Å²) >= 11 is 0. The minimum atomic E-state index is -0.950. The number of carboxylic acids is 1. The molecule has 0 radical (unpaired) electrons. The second-order valence-electron chi connectivity index (χ2n) is 5.26. The molecule has 2 rings (SSSR count). The van der Waals surface area contributed by atoms with Gasteiger partial charge in [-0.05, 0) is 30.7 Å². The first-order valence-corrected chi connectivity index (χ1v) is 7.57. The van der Waals surface area contributed by atoms with Crippen molar-refractivity contribution in [2.24, 2.45) is 0 Å². The molecular weight excluding hydrogens is 300 g/mol. The fourth-order valence-corrected chi connectivity index (χ4v) is 2.33. The summed E-state index contributed by atoms with van der Waals surface area (Å²) < 4.78 is 5.47. The molecule has 1 heterocycles. The maximum absolute atomic E-state index is 12.3. The summed E-state index contributed by atoms with van der Waals surface area (Å²) in [5, 5.41) is 11.4. The third-order valence-electron chi connectivity index (χ3n) is 3.44. The molecule has 0 spiro atoms. The van der Waals surface area contributed by atoms with E-state index >= 15 is 0 Å². The minimum absolute atomic E-state index is 0.0343. The van der Waals surface area contributed by atoms with Gasteiger partial charge in [-0.3, -0.25) is 14.4 Å². The zero-order valence-electron chi connectivity index (χ0n) is 12.9. The molecule has 0 aliphatic carbocycles. The molecule has 7 heteroatoms. The van der Waals surface area contributed by atoms with E-state index in [1.807, 2.05) is 6.92 Å². The van der Waals surface area contributed by atoms with Crippen LogP contribution in [0.2, 0.25) is 0 Å². The van der Waals surface area contributed by atoms with Crippen LogP contribution in [0.1, 0.15) is 26.2 Å². The molecule has 124 valence electrons. The lowest BCUT2D eigenvalue weighted by molar-refractivity contribution is -0.137. The van der Waals surface area contributed by atoms with Gasteiger partial charge in [-0.25, -0.2) is 4.90 Å². The molecule has 1 aliphatic heterocycles. The van der Waals surface area contributed by atoms with E-state index in [1.165, 1.54) is 0 Å². The van der Waals surface area contributed by atoms with Crippen molar-refractivity contribution < 1.29 is 24.2 Å². The van der Waals surface area contributed by atoms with E-state index in [2.05, 4.69) is 5.32 Å². The number of imide groups is 1. The van der Waals surface area contributed by atoms with Crippen molar-refractivity contribution in [1.29, 1.82) is 0 Å². The van der Waals surface area contributed by atoms with E-state index in [4.69, 9.17) is 9.84 Å². The fraction of sp³-hybridized carbons (Fsp3) is 0.438. The van der Waals surface area contributed by atoms with Gasteiger partial charge in [-0.15, -0.1) is 0 Å². The summed E-state index contributed by atoms with van der Waals surface area (Å²) in [6, 6.07) is 6.10. The molecule has 1 unspecified atom stereocenters. The molecule has 1 saturated heterocycles. The molecule has 7 nitrogen and oxygen atoms in total. The first-order valence-electron chi connectivity index (χ1n) is 7.57. The maximum atomic E-state index is 12.3. The average molecular weight is 320 g/mol. The number of benzene rings is 1. The third-order valence-corrected chi connectivity index (χ3v) is 3.44. The zero-order chi connectivity index (χ0) is 16.8. The number of aliphatic carboxylic acids is 1. The Morgan fingerprint density at radius 1 is 1.35 bits per heavy atom. The van der Waals surface area contributed by atoms with Gasteiger partial charge in [0.15, 0.2) is 0 Å². The molecular formula is C16H20N2O5. The lowest BCUT2D eigenvalue weighted by Crippen LogP contribution is -2.39. The highest BCUT2D eigenvalue weighted by molar-refractivity contribution is 6.22. The quantitative estimate of drug-likeness (QED) is 0.698. The number of anilines is 1. The van der Waals surface area contributed by atoms with Gasteiger partial charge in [0.05, 0.1) is 31.2 Å². The minimum Gasteiger partial charge on any atom is -0.494 e. The second-order valence-corrected chi connectivity index (χ2v) is 5.26. The van der Waals surface area contributed by atoms with Crippen molar-refractivity contribution in [2.75, 3.05) is 18.1 Å². The van der Waals surface area contributed by atoms with E-state index in [0.29, 0.717) is 18.0 Å². The van der Waals surface area contributed by atoms with Gasteiger partial charge in [0.2, 0.25) is 5.91 Å². The van der Waals surface area contributed by atoms with Gasteiger partial charge in [0.25, 0.3) is 5.91 Å². The van der Waals surface area contributed by atoms with Crippen molar-refractivity contribution in [3.8, 4) is 5.75 Å². The summed E-state index contributed by atoms with van der Waals surface area (Å²) in [5.74, 6) is -0.924. The monoisotopic (exact) mass is 320 g/mol. The molecule has 2 amide bonds. The first-order chi connectivity index (χ1) is 11.0. The summed E-state index contributed by atoms with van der Waals surface area (Å²) in [4.78, 5) is 36.0. The third kappa shape index (κ3) is 4.29. The van der Waals surface area contributed by atoms with Crippen LogP contribution < -0.4 is 15.0 Å². The summed E-state index contributed by atoms with van der Waals surface area (Å²) in [6.45, 7) is 2.76. The van der Waals surface area contributed by atoms with Gasteiger partial charge in [0.1, 0.15) is 5.75 Å². The Kier molecular flexibility index (Phi) is 5.70. The van der Waals surface area contributed by atoms with Crippen LogP contribution in [0.3, 0.4) is 0 Å². The van der Waals surface area contributed by atoms with Crippen LogP contribution in [0.4, 0.5) is 5.69 Å². The second kappa shape index (κ2) is 7.73. The molecule has 0 bridgehead atoms. The number of nitrogens with one attached hydrogen (secondary N) is 1. The maximum Gasteiger partial charge on any atom is 0.304 e. The molecule has 2 N–H and O–H groups in total. The Labute approximate surface area is 134 Å². The van der Waals surface area contributed by atoms with E-state index in [1.54, 1.807) is 24.3 Å². The number of carbonyl (C=O) groups is 3. The molecule has 1 atom stereocenters. The van der Waals surface area contributed by atoms with Crippen LogP contribution in [0.25, 0.3) is 0 Å². The molecule has 1 fully saturated rings. The number of amides is 2. The SMILES string of the molecule is CCCOc1ccc(N2C(=O)CC(NCCC(=O)O)C2=O)cc1. The highest BCUT2D eigenvalue weighted by Crippen LogP contribution is 2.25. The van der Waals surface area contributed by atoms with Crippen molar-refractivity contribution in [3.05, 3.63) is 24.3 Å². The number of hydrogen-bond acceptors (Lipinski definition) is 5. The first kappa shape index (κ1) is 17.0. The van der Waals surface area contributed by atoms with Crippen LogP contribution in [0, 0.1) is 0 Å².